The van der Waals surface area contributed by atoms with Crippen LogP contribution in [0.2, 0.25) is 0 Å². The molecular weight excluding hydrogens is 749 g/mol. The Hall–Kier alpha value is -8.20. The monoisotopic (exact) mass is 788 g/mol. The van der Waals surface area contributed by atoms with Crippen LogP contribution in [0.5, 0.6) is 0 Å². The van der Waals surface area contributed by atoms with E-state index in [2.05, 4.69) is 252 Å². The number of fused-ring (bicyclic) bond motifs is 7. The molecule has 0 N–H and O–H groups in total. The molecule has 0 aliphatic heterocycles. The normalized spacial score (nSPS) is 11.5. The highest BCUT2D eigenvalue weighted by molar-refractivity contribution is 6.15. The van der Waals surface area contributed by atoms with Crippen LogP contribution < -0.4 is 4.90 Å². The molecule has 0 saturated carbocycles. The van der Waals surface area contributed by atoms with Gasteiger partial charge in [-0.05, 0) is 126 Å². The third kappa shape index (κ3) is 6.04. The first-order chi connectivity index (χ1) is 30.7. The van der Waals surface area contributed by atoms with E-state index in [1.807, 2.05) is 0 Å². The Kier molecular flexibility index (Phi) is 8.53. The third-order valence-corrected chi connectivity index (χ3v) is 12.5. The van der Waals surface area contributed by atoms with Crippen molar-refractivity contribution in [2.45, 2.75) is 0 Å². The Labute approximate surface area is 360 Å². The number of aromatic nitrogens is 1. The fraction of sp³-hybridized carbons (Fsp3) is 0. The lowest BCUT2D eigenvalue weighted by Gasteiger charge is -2.28. The van der Waals surface area contributed by atoms with Gasteiger partial charge in [0.25, 0.3) is 0 Å². The maximum absolute atomic E-state index is 2.44. The first-order valence-electron chi connectivity index (χ1n) is 21.3. The Morgan fingerprint density at radius 3 is 1.77 bits per heavy atom. The molecule has 0 amide bonds. The van der Waals surface area contributed by atoms with E-state index in [9.17, 15) is 0 Å². The van der Waals surface area contributed by atoms with Gasteiger partial charge in [0.05, 0.1) is 16.7 Å². The van der Waals surface area contributed by atoms with Gasteiger partial charge in [-0.25, -0.2) is 0 Å². The van der Waals surface area contributed by atoms with Crippen molar-refractivity contribution in [3.05, 3.63) is 243 Å². The average molecular weight is 789 g/mol. The maximum Gasteiger partial charge on any atom is 0.0782 e. The standard InChI is InChI=1S/C60H40N2/c1-2-20-49(21-3-1)62-58-28-9-8-24-56(58)57-27-13-29-59(60(57)62)61(51-22-11-19-48(40-51)53-25-12-26-54-52-23-7-6-15-43(52)34-37-55(53)54)50-35-32-42(33-36-50)45-17-10-18-46(38-45)47-31-30-41-14-4-5-16-44(41)39-47/h1-40H. The van der Waals surface area contributed by atoms with Gasteiger partial charge in [-0.15, -0.1) is 0 Å². The highest BCUT2D eigenvalue weighted by atomic mass is 15.2. The predicted octanol–water partition coefficient (Wildman–Crippen LogP) is 16.7. The number of anilines is 3. The van der Waals surface area contributed by atoms with Crippen molar-refractivity contribution in [3.8, 4) is 39.1 Å². The zero-order valence-electron chi connectivity index (χ0n) is 34.0. The largest absolute Gasteiger partial charge is 0.308 e. The molecule has 11 aromatic carbocycles. The van der Waals surface area contributed by atoms with Crippen LogP contribution in [0, 0.1) is 0 Å². The molecule has 0 fully saturated rings. The molecule has 0 aliphatic carbocycles. The third-order valence-electron chi connectivity index (χ3n) is 12.5. The van der Waals surface area contributed by atoms with Crippen molar-refractivity contribution in [3.63, 3.8) is 0 Å². The van der Waals surface area contributed by atoms with Crippen LogP contribution in [-0.4, -0.2) is 4.57 Å². The number of benzene rings is 11. The van der Waals surface area contributed by atoms with E-state index in [4.69, 9.17) is 0 Å². The molecule has 1 heterocycles. The highest BCUT2D eigenvalue weighted by Crippen LogP contribution is 2.45. The smallest absolute Gasteiger partial charge is 0.0782 e. The van der Waals surface area contributed by atoms with Gasteiger partial charge in [-0.1, -0.05) is 182 Å². The fourth-order valence-corrected chi connectivity index (χ4v) is 9.61. The molecule has 12 rings (SSSR count). The molecule has 0 bridgehead atoms. The number of nitrogens with zero attached hydrogens (tertiary/aromatic N) is 2. The van der Waals surface area contributed by atoms with E-state index in [-0.39, 0.29) is 0 Å². The van der Waals surface area contributed by atoms with Crippen LogP contribution in [-0.2, 0) is 0 Å². The lowest BCUT2D eigenvalue weighted by molar-refractivity contribution is 1.17. The summed E-state index contributed by atoms with van der Waals surface area (Å²) in [6.07, 6.45) is 0. The minimum atomic E-state index is 1.08. The minimum Gasteiger partial charge on any atom is -0.308 e. The second-order valence-corrected chi connectivity index (χ2v) is 16.1. The van der Waals surface area contributed by atoms with Gasteiger partial charge in [0, 0.05) is 27.8 Å². The van der Waals surface area contributed by atoms with Crippen molar-refractivity contribution >= 4 is 71.2 Å². The lowest BCUT2D eigenvalue weighted by Crippen LogP contribution is -2.12. The van der Waals surface area contributed by atoms with Crippen LogP contribution in [0.3, 0.4) is 0 Å². The minimum absolute atomic E-state index is 1.08. The number of rotatable bonds is 7. The van der Waals surface area contributed by atoms with E-state index in [1.165, 1.54) is 82.0 Å². The van der Waals surface area contributed by atoms with Crippen molar-refractivity contribution in [2.24, 2.45) is 0 Å². The van der Waals surface area contributed by atoms with Crippen LogP contribution in [0.1, 0.15) is 0 Å². The summed E-state index contributed by atoms with van der Waals surface area (Å²) in [7, 11) is 0. The van der Waals surface area contributed by atoms with Crippen molar-refractivity contribution in [1.82, 2.24) is 4.57 Å². The molecule has 0 unspecified atom stereocenters. The van der Waals surface area contributed by atoms with E-state index < -0.39 is 0 Å². The van der Waals surface area contributed by atoms with Gasteiger partial charge in [0.15, 0.2) is 0 Å². The molecular formula is C60H40N2. The van der Waals surface area contributed by atoms with E-state index in [0.29, 0.717) is 0 Å². The zero-order chi connectivity index (χ0) is 41.0. The summed E-state index contributed by atoms with van der Waals surface area (Å²) >= 11 is 0. The maximum atomic E-state index is 2.44. The van der Waals surface area contributed by atoms with Gasteiger partial charge in [0.1, 0.15) is 0 Å². The summed E-state index contributed by atoms with van der Waals surface area (Å²) in [5.41, 5.74) is 13.9. The highest BCUT2D eigenvalue weighted by Gasteiger charge is 2.22. The first kappa shape index (κ1) is 35.7. The molecule has 290 valence electrons. The topological polar surface area (TPSA) is 8.17 Å². The summed E-state index contributed by atoms with van der Waals surface area (Å²) in [6.45, 7) is 0. The summed E-state index contributed by atoms with van der Waals surface area (Å²) in [5, 5.41) is 9.98. The van der Waals surface area contributed by atoms with Gasteiger partial charge >= 0.3 is 0 Å². The fourth-order valence-electron chi connectivity index (χ4n) is 9.61. The van der Waals surface area contributed by atoms with Gasteiger partial charge in [-0.3, -0.25) is 0 Å². The Morgan fingerprint density at radius 2 is 0.903 bits per heavy atom. The zero-order valence-corrected chi connectivity index (χ0v) is 34.0. The lowest BCUT2D eigenvalue weighted by atomic mass is 9.94. The molecule has 0 saturated heterocycles. The molecule has 0 radical (unpaired) electrons. The SMILES string of the molecule is c1ccc(-n2c3ccccc3c3cccc(N(c4ccc(-c5cccc(-c6ccc7ccccc7c6)c5)cc4)c4cccc(-c5cccc6c5ccc5ccccc56)c4)c32)cc1. The number of hydrogen-bond donors (Lipinski definition) is 0. The van der Waals surface area contributed by atoms with Crippen LogP contribution in [0.25, 0.3) is 93.2 Å². The Balaban J connectivity index is 1.04. The second kappa shape index (κ2) is 14.8. The first-order valence-corrected chi connectivity index (χ1v) is 21.3. The van der Waals surface area contributed by atoms with Crippen molar-refractivity contribution < 1.29 is 0 Å². The van der Waals surface area contributed by atoms with Gasteiger partial charge < -0.3 is 9.47 Å². The van der Waals surface area contributed by atoms with Crippen molar-refractivity contribution in [2.75, 3.05) is 4.90 Å². The number of hydrogen-bond acceptors (Lipinski definition) is 1. The summed E-state index contributed by atoms with van der Waals surface area (Å²) in [4.78, 5) is 2.44. The van der Waals surface area contributed by atoms with E-state index in [0.717, 1.165) is 28.3 Å². The molecule has 0 atom stereocenters. The van der Waals surface area contributed by atoms with Crippen molar-refractivity contribution in [1.29, 1.82) is 0 Å². The second-order valence-electron chi connectivity index (χ2n) is 16.1. The Morgan fingerprint density at radius 1 is 0.290 bits per heavy atom. The van der Waals surface area contributed by atoms with E-state index in [1.54, 1.807) is 0 Å². The summed E-state index contributed by atoms with van der Waals surface area (Å²) in [6, 6.07) is 88.6. The molecule has 62 heavy (non-hydrogen) atoms. The van der Waals surface area contributed by atoms with Gasteiger partial charge in [0.2, 0.25) is 0 Å². The van der Waals surface area contributed by atoms with Crippen LogP contribution in [0.15, 0.2) is 243 Å². The van der Waals surface area contributed by atoms with Crippen LogP contribution in [0.4, 0.5) is 17.1 Å². The Bertz CT molecular complexity index is 3640. The molecule has 2 heteroatoms. The molecule has 2 nitrogen and oxygen atoms in total. The average Bonchev–Trinajstić information content (AvgIpc) is 3.69. The molecule has 0 spiro atoms. The molecule has 1 aromatic heterocycles. The van der Waals surface area contributed by atoms with Gasteiger partial charge in [-0.2, -0.15) is 0 Å². The number of para-hydroxylation sites is 3. The van der Waals surface area contributed by atoms with Crippen LogP contribution >= 0.6 is 0 Å². The molecule has 0 aliphatic rings. The predicted molar refractivity (Wildman–Crippen MR) is 264 cm³/mol. The quantitative estimate of drug-likeness (QED) is 0.146. The summed E-state index contributed by atoms with van der Waals surface area (Å²) in [5.74, 6) is 0. The van der Waals surface area contributed by atoms with E-state index >= 15 is 0 Å². The summed E-state index contributed by atoms with van der Waals surface area (Å²) < 4.78 is 2.43. The molecule has 12 aromatic rings.